The lowest BCUT2D eigenvalue weighted by atomic mass is 9.61. The number of rotatable bonds is 3. The van der Waals surface area contributed by atoms with Gasteiger partial charge in [-0.25, -0.2) is 0 Å². The Kier molecular flexibility index (Phi) is 3.69. The molecule has 2 heteroatoms. The first-order valence-corrected chi connectivity index (χ1v) is 7.55. The van der Waals surface area contributed by atoms with E-state index in [2.05, 4.69) is 35.6 Å². The van der Waals surface area contributed by atoms with Crippen molar-refractivity contribution in [3.63, 3.8) is 0 Å². The van der Waals surface area contributed by atoms with Crippen LogP contribution in [0.2, 0.25) is 0 Å². The molecule has 19 heavy (non-hydrogen) atoms. The normalized spacial score (nSPS) is 30.9. The lowest BCUT2D eigenvalue weighted by Crippen LogP contribution is -2.50. The van der Waals surface area contributed by atoms with E-state index in [0.29, 0.717) is 17.1 Å². The molecule has 2 fully saturated rings. The molecule has 1 N–H and O–H groups in total. The molecule has 1 heterocycles. The largest absolute Gasteiger partial charge is 0.316 e. The summed E-state index contributed by atoms with van der Waals surface area (Å²) < 4.78 is 0. The third-order valence-electron chi connectivity index (χ3n) is 5.14. The molecule has 3 rings (SSSR count). The Morgan fingerprint density at radius 3 is 2.95 bits per heavy atom. The van der Waals surface area contributed by atoms with E-state index in [-0.39, 0.29) is 0 Å². The number of Topliss-reactive ketones (excluding diaryl/α,β-unsaturated/α-hetero) is 1. The number of hydrogen-bond donors (Lipinski definition) is 1. The van der Waals surface area contributed by atoms with Crippen molar-refractivity contribution in [2.45, 2.75) is 38.5 Å². The molecular formula is C17H23NO. The Bertz CT molecular complexity index is 442. The molecule has 0 aromatic heterocycles. The van der Waals surface area contributed by atoms with E-state index in [0.717, 1.165) is 38.8 Å². The number of piperidine rings is 1. The van der Waals surface area contributed by atoms with Gasteiger partial charge in [-0.1, -0.05) is 30.3 Å². The molecule has 2 aliphatic rings. The van der Waals surface area contributed by atoms with Gasteiger partial charge in [0.05, 0.1) is 0 Å². The molecule has 1 saturated carbocycles. The Labute approximate surface area is 115 Å². The monoisotopic (exact) mass is 257 g/mol. The van der Waals surface area contributed by atoms with E-state index in [4.69, 9.17) is 0 Å². The van der Waals surface area contributed by atoms with Gasteiger partial charge in [0.2, 0.25) is 0 Å². The van der Waals surface area contributed by atoms with Crippen LogP contribution in [-0.2, 0) is 11.2 Å². The Hall–Kier alpha value is -1.15. The SMILES string of the molecule is O=C1CC[C@]2(CCc3ccccc3)CNCCC2C1. The van der Waals surface area contributed by atoms with E-state index in [1.807, 2.05) is 0 Å². The molecule has 1 unspecified atom stereocenters. The molecule has 2 nitrogen and oxygen atoms in total. The summed E-state index contributed by atoms with van der Waals surface area (Å²) in [5.41, 5.74) is 1.81. The summed E-state index contributed by atoms with van der Waals surface area (Å²) >= 11 is 0. The highest BCUT2D eigenvalue weighted by molar-refractivity contribution is 5.79. The number of hydrogen-bond acceptors (Lipinski definition) is 2. The number of fused-ring (bicyclic) bond motifs is 1. The maximum atomic E-state index is 11.7. The van der Waals surface area contributed by atoms with Crippen LogP contribution in [0.25, 0.3) is 0 Å². The van der Waals surface area contributed by atoms with Gasteiger partial charge >= 0.3 is 0 Å². The van der Waals surface area contributed by atoms with Crippen molar-refractivity contribution >= 4 is 5.78 Å². The predicted octanol–water partition coefficient (Wildman–Crippen LogP) is 2.97. The fraction of sp³-hybridized carbons (Fsp3) is 0.588. The minimum absolute atomic E-state index is 0.377. The molecular weight excluding hydrogens is 234 g/mol. The fourth-order valence-corrected chi connectivity index (χ4v) is 3.90. The summed E-state index contributed by atoms with van der Waals surface area (Å²) in [6.45, 7) is 2.20. The predicted molar refractivity (Wildman–Crippen MR) is 77.0 cm³/mol. The highest BCUT2D eigenvalue weighted by Gasteiger charge is 2.43. The highest BCUT2D eigenvalue weighted by atomic mass is 16.1. The van der Waals surface area contributed by atoms with Crippen molar-refractivity contribution < 1.29 is 4.79 Å². The van der Waals surface area contributed by atoms with E-state index in [1.165, 1.54) is 18.4 Å². The number of carbonyl (C=O) groups is 1. The van der Waals surface area contributed by atoms with Crippen LogP contribution in [0, 0.1) is 11.3 Å². The highest BCUT2D eigenvalue weighted by Crippen LogP contribution is 2.46. The Morgan fingerprint density at radius 2 is 2.11 bits per heavy atom. The average Bonchev–Trinajstić information content (AvgIpc) is 2.47. The van der Waals surface area contributed by atoms with Gasteiger partial charge in [-0.3, -0.25) is 4.79 Å². The van der Waals surface area contributed by atoms with Crippen molar-refractivity contribution in [1.29, 1.82) is 0 Å². The minimum Gasteiger partial charge on any atom is -0.316 e. The quantitative estimate of drug-likeness (QED) is 0.902. The van der Waals surface area contributed by atoms with Gasteiger partial charge in [0, 0.05) is 19.4 Å². The molecule has 102 valence electrons. The van der Waals surface area contributed by atoms with Crippen LogP contribution in [0.15, 0.2) is 30.3 Å². The number of carbonyl (C=O) groups excluding carboxylic acids is 1. The summed E-state index contributed by atoms with van der Waals surface area (Å²) in [4.78, 5) is 11.7. The maximum absolute atomic E-state index is 11.7. The van der Waals surface area contributed by atoms with E-state index < -0.39 is 0 Å². The van der Waals surface area contributed by atoms with Gasteiger partial charge < -0.3 is 5.32 Å². The number of ketones is 1. The first-order chi connectivity index (χ1) is 9.28. The molecule has 1 aliphatic heterocycles. The number of aryl methyl sites for hydroxylation is 1. The van der Waals surface area contributed by atoms with Crippen LogP contribution in [0.5, 0.6) is 0 Å². The minimum atomic E-state index is 0.377. The van der Waals surface area contributed by atoms with Crippen molar-refractivity contribution in [2.24, 2.45) is 11.3 Å². The molecule has 2 atom stereocenters. The van der Waals surface area contributed by atoms with Gasteiger partial charge in [0.15, 0.2) is 0 Å². The van der Waals surface area contributed by atoms with Crippen LogP contribution >= 0.6 is 0 Å². The van der Waals surface area contributed by atoms with Gasteiger partial charge in [-0.15, -0.1) is 0 Å². The van der Waals surface area contributed by atoms with Crippen molar-refractivity contribution in [1.82, 2.24) is 5.32 Å². The summed E-state index contributed by atoms with van der Waals surface area (Å²) in [5, 5.41) is 3.56. The van der Waals surface area contributed by atoms with Crippen LogP contribution in [0.3, 0.4) is 0 Å². The zero-order valence-electron chi connectivity index (χ0n) is 11.5. The van der Waals surface area contributed by atoms with Crippen molar-refractivity contribution in [3.8, 4) is 0 Å². The topological polar surface area (TPSA) is 29.1 Å². The first kappa shape index (κ1) is 12.9. The molecule has 1 aromatic rings. The van der Waals surface area contributed by atoms with Crippen molar-refractivity contribution in [2.75, 3.05) is 13.1 Å². The second-order valence-electron chi connectivity index (χ2n) is 6.25. The molecule has 1 aliphatic carbocycles. The number of benzene rings is 1. The molecule has 0 radical (unpaired) electrons. The molecule has 1 aromatic carbocycles. The van der Waals surface area contributed by atoms with Crippen LogP contribution in [0.1, 0.15) is 37.7 Å². The first-order valence-electron chi connectivity index (χ1n) is 7.55. The average molecular weight is 257 g/mol. The summed E-state index contributed by atoms with van der Waals surface area (Å²) in [6, 6.07) is 10.7. The fourth-order valence-electron chi connectivity index (χ4n) is 3.90. The molecule has 1 saturated heterocycles. The standard InChI is InChI=1S/C17H23NO/c19-16-7-10-17(13-18-11-8-15(17)12-16)9-6-14-4-2-1-3-5-14/h1-5,15,18H,6-13H2/t15?,17-/m1/s1. The Morgan fingerprint density at radius 1 is 1.26 bits per heavy atom. The third kappa shape index (κ3) is 2.74. The van der Waals surface area contributed by atoms with E-state index in [1.54, 1.807) is 0 Å². The lowest BCUT2D eigenvalue weighted by molar-refractivity contribution is -0.126. The zero-order valence-corrected chi connectivity index (χ0v) is 11.5. The van der Waals surface area contributed by atoms with Gasteiger partial charge in [-0.05, 0) is 49.1 Å². The van der Waals surface area contributed by atoms with Crippen LogP contribution in [-0.4, -0.2) is 18.9 Å². The molecule has 0 bridgehead atoms. The maximum Gasteiger partial charge on any atom is 0.133 e. The summed E-state index contributed by atoms with van der Waals surface area (Å²) in [7, 11) is 0. The van der Waals surface area contributed by atoms with Gasteiger partial charge in [-0.2, -0.15) is 0 Å². The van der Waals surface area contributed by atoms with Crippen LogP contribution < -0.4 is 5.32 Å². The third-order valence-corrected chi connectivity index (χ3v) is 5.14. The van der Waals surface area contributed by atoms with E-state index in [9.17, 15) is 4.79 Å². The van der Waals surface area contributed by atoms with Gasteiger partial charge in [0.1, 0.15) is 5.78 Å². The zero-order chi connectivity index (χ0) is 13.1. The number of nitrogens with one attached hydrogen (secondary N) is 1. The molecule has 0 spiro atoms. The molecule has 0 amide bonds. The van der Waals surface area contributed by atoms with Gasteiger partial charge in [0.25, 0.3) is 0 Å². The second kappa shape index (κ2) is 5.46. The smallest absolute Gasteiger partial charge is 0.133 e. The van der Waals surface area contributed by atoms with Crippen molar-refractivity contribution in [3.05, 3.63) is 35.9 Å². The Balaban J connectivity index is 1.70. The summed E-state index contributed by atoms with van der Waals surface area (Å²) in [5.74, 6) is 1.11. The lowest BCUT2D eigenvalue weighted by Gasteiger charge is -2.47. The van der Waals surface area contributed by atoms with E-state index >= 15 is 0 Å². The van der Waals surface area contributed by atoms with Crippen LogP contribution in [0.4, 0.5) is 0 Å². The second-order valence-corrected chi connectivity index (χ2v) is 6.25. The summed E-state index contributed by atoms with van der Waals surface area (Å²) in [6.07, 6.45) is 6.27.